The number of nitrogens with zero attached hydrogens (tertiary/aromatic N) is 1. The zero-order valence-electron chi connectivity index (χ0n) is 10.3. The third-order valence-corrected chi connectivity index (χ3v) is 5.54. The fourth-order valence-electron chi connectivity index (χ4n) is 1.95. The molecule has 1 aromatic rings. The van der Waals surface area contributed by atoms with E-state index >= 15 is 0 Å². The number of aromatic carboxylic acids is 1. The van der Waals surface area contributed by atoms with E-state index in [1.165, 1.54) is 16.4 Å². The first-order chi connectivity index (χ1) is 8.87. The Morgan fingerprint density at radius 1 is 1.47 bits per heavy atom. The molecule has 1 aromatic carbocycles. The van der Waals surface area contributed by atoms with E-state index in [4.69, 9.17) is 16.7 Å². The van der Waals surface area contributed by atoms with Gasteiger partial charge in [0.15, 0.2) is 0 Å². The molecule has 0 bridgehead atoms. The summed E-state index contributed by atoms with van der Waals surface area (Å²) >= 11 is 5.91. The lowest BCUT2D eigenvalue weighted by atomic mass is 10.2. The van der Waals surface area contributed by atoms with Crippen LogP contribution >= 0.6 is 11.6 Å². The highest BCUT2D eigenvalue weighted by atomic mass is 35.5. The highest BCUT2D eigenvalue weighted by Crippen LogP contribution is 2.34. The minimum absolute atomic E-state index is 0.0135. The Morgan fingerprint density at radius 3 is 2.58 bits per heavy atom. The molecule has 0 spiro atoms. The summed E-state index contributed by atoms with van der Waals surface area (Å²) in [4.78, 5) is 10.8. The van der Waals surface area contributed by atoms with Crippen LogP contribution < -0.4 is 0 Å². The molecule has 0 unspecified atom stereocenters. The van der Waals surface area contributed by atoms with Crippen LogP contribution in [0.3, 0.4) is 0 Å². The van der Waals surface area contributed by atoms with E-state index in [1.54, 1.807) is 6.92 Å². The van der Waals surface area contributed by atoms with Gasteiger partial charge in [0.05, 0.1) is 10.6 Å². The van der Waals surface area contributed by atoms with Gasteiger partial charge in [-0.3, -0.25) is 0 Å². The molecule has 0 heterocycles. The number of rotatable bonds is 5. The van der Waals surface area contributed by atoms with E-state index in [1.807, 2.05) is 0 Å². The summed E-state index contributed by atoms with van der Waals surface area (Å²) < 4.78 is 26.4. The van der Waals surface area contributed by atoms with Crippen molar-refractivity contribution in [3.05, 3.63) is 28.8 Å². The quantitative estimate of drug-likeness (QED) is 0.905. The van der Waals surface area contributed by atoms with Gasteiger partial charge in [-0.15, -0.1) is 0 Å². The average Bonchev–Trinajstić information content (AvgIpc) is 3.14. The van der Waals surface area contributed by atoms with Crippen LogP contribution in [-0.4, -0.2) is 36.4 Å². The van der Waals surface area contributed by atoms with Crippen molar-refractivity contribution in [2.45, 2.75) is 30.7 Å². The van der Waals surface area contributed by atoms with Gasteiger partial charge in [0.2, 0.25) is 10.0 Å². The maximum atomic E-state index is 12.5. The molecule has 104 valence electrons. The summed E-state index contributed by atoms with van der Waals surface area (Å²) in [5.41, 5.74) is -0.0881. The van der Waals surface area contributed by atoms with Crippen LogP contribution in [0.1, 0.15) is 30.1 Å². The summed E-state index contributed by atoms with van der Waals surface area (Å²) in [6, 6.07) is 3.72. The highest BCUT2D eigenvalue weighted by molar-refractivity contribution is 7.89. The zero-order valence-corrected chi connectivity index (χ0v) is 11.9. The molecular weight excluding hydrogens is 290 g/mol. The molecule has 1 saturated carbocycles. The number of sulfonamides is 1. The molecule has 0 amide bonds. The van der Waals surface area contributed by atoms with Gasteiger partial charge in [0, 0.05) is 12.6 Å². The van der Waals surface area contributed by atoms with Gasteiger partial charge in [-0.1, -0.05) is 18.5 Å². The minimum Gasteiger partial charge on any atom is -0.478 e. The molecule has 5 nitrogen and oxygen atoms in total. The summed E-state index contributed by atoms with van der Waals surface area (Å²) in [5.74, 6) is -1.18. The number of benzene rings is 1. The standard InChI is InChI=1S/C12H14ClNO4S/c1-2-14(9-4-5-9)19(17,18)11-7-8(12(15)16)3-6-10(11)13/h3,6-7,9H,2,4-5H2,1H3,(H,15,16). The minimum atomic E-state index is -3.74. The Labute approximate surface area is 116 Å². The Kier molecular flexibility index (Phi) is 3.85. The maximum Gasteiger partial charge on any atom is 0.335 e. The van der Waals surface area contributed by atoms with Crippen molar-refractivity contribution in [1.29, 1.82) is 0 Å². The van der Waals surface area contributed by atoms with E-state index in [-0.39, 0.29) is 21.5 Å². The lowest BCUT2D eigenvalue weighted by Gasteiger charge is -2.20. The Morgan fingerprint density at radius 2 is 2.11 bits per heavy atom. The molecule has 1 N–H and O–H groups in total. The van der Waals surface area contributed by atoms with Gasteiger partial charge in [0.1, 0.15) is 4.90 Å². The van der Waals surface area contributed by atoms with Gasteiger partial charge in [-0.25, -0.2) is 13.2 Å². The van der Waals surface area contributed by atoms with Gasteiger partial charge < -0.3 is 5.11 Å². The topological polar surface area (TPSA) is 74.7 Å². The SMILES string of the molecule is CCN(C1CC1)S(=O)(=O)c1cc(C(=O)O)ccc1Cl. The van der Waals surface area contributed by atoms with E-state index in [0.717, 1.165) is 18.9 Å². The third-order valence-electron chi connectivity index (χ3n) is 3.03. The van der Waals surface area contributed by atoms with Gasteiger partial charge in [0.25, 0.3) is 0 Å². The van der Waals surface area contributed by atoms with Crippen LogP contribution in [-0.2, 0) is 10.0 Å². The summed E-state index contributed by atoms with van der Waals surface area (Å²) in [7, 11) is -3.74. The Balaban J connectivity index is 2.49. The molecule has 7 heteroatoms. The first kappa shape index (κ1) is 14.3. The van der Waals surface area contributed by atoms with Gasteiger partial charge >= 0.3 is 5.97 Å². The van der Waals surface area contributed by atoms with Gasteiger partial charge in [-0.05, 0) is 31.0 Å². The first-order valence-electron chi connectivity index (χ1n) is 5.92. The molecule has 1 aliphatic rings. The lowest BCUT2D eigenvalue weighted by molar-refractivity contribution is 0.0696. The predicted octanol–water partition coefficient (Wildman–Crippen LogP) is 2.21. The number of hydrogen-bond acceptors (Lipinski definition) is 3. The first-order valence-corrected chi connectivity index (χ1v) is 7.74. The average molecular weight is 304 g/mol. The van der Waals surface area contributed by atoms with Crippen molar-refractivity contribution in [2.24, 2.45) is 0 Å². The molecule has 1 aliphatic carbocycles. The molecule has 19 heavy (non-hydrogen) atoms. The van der Waals surface area contributed by atoms with Crippen LogP contribution in [0, 0.1) is 0 Å². The Hall–Kier alpha value is -1.11. The number of carboxylic acid groups (broad SMARTS) is 1. The molecule has 0 radical (unpaired) electrons. The predicted molar refractivity (Wildman–Crippen MR) is 71.0 cm³/mol. The van der Waals surface area contributed by atoms with Crippen molar-refractivity contribution in [2.75, 3.05) is 6.54 Å². The molecular formula is C12H14ClNO4S. The fraction of sp³-hybridized carbons (Fsp3) is 0.417. The third kappa shape index (κ3) is 2.75. The van der Waals surface area contributed by atoms with Crippen LogP contribution in [0.25, 0.3) is 0 Å². The fourth-order valence-corrected chi connectivity index (χ4v) is 4.14. The molecule has 0 atom stereocenters. The van der Waals surface area contributed by atoms with Crippen molar-refractivity contribution >= 4 is 27.6 Å². The second-order valence-electron chi connectivity index (χ2n) is 4.39. The van der Waals surface area contributed by atoms with E-state index in [9.17, 15) is 13.2 Å². The van der Waals surface area contributed by atoms with Crippen molar-refractivity contribution in [3.63, 3.8) is 0 Å². The highest BCUT2D eigenvalue weighted by Gasteiger charge is 2.38. The number of carboxylic acids is 1. The van der Waals surface area contributed by atoms with E-state index in [0.29, 0.717) is 6.54 Å². The Bertz CT molecular complexity index is 610. The number of halogens is 1. The molecule has 1 fully saturated rings. The summed E-state index contributed by atoms with van der Waals surface area (Å²) in [5, 5.41) is 8.98. The van der Waals surface area contributed by atoms with E-state index < -0.39 is 16.0 Å². The van der Waals surface area contributed by atoms with Crippen LogP contribution in [0.15, 0.2) is 23.1 Å². The maximum absolute atomic E-state index is 12.5. The smallest absolute Gasteiger partial charge is 0.335 e. The molecule has 0 saturated heterocycles. The number of carbonyl (C=O) groups is 1. The van der Waals surface area contributed by atoms with Crippen molar-refractivity contribution in [1.82, 2.24) is 4.31 Å². The number of hydrogen-bond donors (Lipinski definition) is 1. The van der Waals surface area contributed by atoms with Crippen molar-refractivity contribution in [3.8, 4) is 0 Å². The normalized spacial score (nSPS) is 15.7. The van der Waals surface area contributed by atoms with Gasteiger partial charge in [-0.2, -0.15) is 4.31 Å². The second kappa shape index (κ2) is 5.11. The lowest BCUT2D eigenvalue weighted by Crippen LogP contribution is -2.33. The summed E-state index contributed by atoms with van der Waals surface area (Å²) in [6.45, 7) is 2.10. The molecule has 2 rings (SSSR count). The van der Waals surface area contributed by atoms with Crippen molar-refractivity contribution < 1.29 is 18.3 Å². The summed E-state index contributed by atoms with van der Waals surface area (Å²) in [6.07, 6.45) is 1.67. The molecule has 0 aromatic heterocycles. The molecule has 0 aliphatic heterocycles. The van der Waals surface area contributed by atoms with Crippen LogP contribution in [0.5, 0.6) is 0 Å². The van der Waals surface area contributed by atoms with Crippen LogP contribution in [0.2, 0.25) is 5.02 Å². The van der Waals surface area contributed by atoms with E-state index in [2.05, 4.69) is 0 Å². The monoisotopic (exact) mass is 303 g/mol. The van der Waals surface area contributed by atoms with Crippen LogP contribution in [0.4, 0.5) is 0 Å². The largest absolute Gasteiger partial charge is 0.478 e. The second-order valence-corrected chi connectivity index (χ2v) is 6.66. The zero-order chi connectivity index (χ0) is 14.2.